The van der Waals surface area contributed by atoms with Crippen LogP contribution in [0.5, 0.6) is 0 Å². The van der Waals surface area contributed by atoms with Crippen LogP contribution in [-0.2, 0) is 0 Å². The maximum atomic E-state index is 5.97. The Hall–Kier alpha value is -1.26. The fourth-order valence-corrected chi connectivity index (χ4v) is 3.25. The molecule has 104 valence electrons. The van der Waals surface area contributed by atoms with E-state index in [9.17, 15) is 0 Å². The van der Waals surface area contributed by atoms with E-state index in [4.69, 9.17) is 10.7 Å². The normalized spacial score (nSPS) is 22.7. The largest absolute Gasteiger partial charge is 0.328 e. The average Bonchev–Trinajstić information content (AvgIpc) is 2.49. The highest BCUT2D eigenvalue weighted by atomic mass is 79.9. The Bertz CT molecular complexity index is 592. The third-order valence-corrected chi connectivity index (χ3v) is 4.65. The average molecular weight is 332 g/mol. The summed E-state index contributed by atoms with van der Waals surface area (Å²) in [5, 5.41) is 0. The van der Waals surface area contributed by atoms with E-state index in [-0.39, 0.29) is 0 Å². The summed E-state index contributed by atoms with van der Waals surface area (Å²) in [7, 11) is 0. The van der Waals surface area contributed by atoms with Crippen LogP contribution >= 0.6 is 15.9 Å². The molecule has 0 radical (unpaired) electrons. The van der Waals surface area contributed by atoms with Gasteiger partial charge in [0.1, 0.15) is 5.82 Å². The molecule has 0 saturated heterocycles. The first kappa shape index (κ1) is 13.7. The van der Waals surface area contributed by atoms with Gasteiger partial charge in [-0.05, 0) is 37.8 Å². The van der Waals surface area contributed by atoms with Crippen LogP contribution in [0.4, 0.5) is 0 Å². The molecule has 1 aromatic carbocycles. The zero-order chi connectivity index (χ0) is 13.9. The second-order valence-electron chi connectivity index (χ2n) is 5.39. The Morgan fingerprint density at radius 1 is 1.05 bits per heavy atom. The van der Waals surface area contributed by atoms with E-state index in [1.807, 2.05) is 30.5 Å². The molecule has 1 aliphatic rings. The van der Waals surface area contributed by atoms with Gasteiger partial charge in [0.15, 0.2) is 0 Å². The predicted octanol–water partition coefficient (Wildman–Crippen LogP) is 3.89. The van der Waals surface area contributed by atoms with E-state index in [0.717, 1.165) is 47.2 Å². The van der Waals surface area contributed by atoms with Crippen LogP contribution < -0.4 is 5.73 Å². The van der Waals surface area contributed by atoms with Crippen molar-refractivity contribution >= 4 is 15.9 Å². The summed E-state index contributed by atoms with van der Waals surface area (Å²) in [6.45, 7) is 0. The summed E-state index contributed by atoms with van der Waals surface area (Å²) in [4.78, 5) is 9.25. The van der Waals surface area contributed by atoms with Crippen molar-refractivity contribution in [1.29, 1.82) is 0 Å². The van der Waals surface area contributed by atoms with Crippen LogP contribution in [0.25, 0.3) is 11.3 Å². The first-order chi connectivity index (χ1) is 9.74. The van der Waals surface area contributed by atoms with Crippen molar-refractivity contribution in [3.05, 3.63) is 46.8 Å². The molecule has 3 rings (SSSR count). The van der Waals surface area contributed by atoms with Crippen LogP contribution in [0, 0.1) is 0 Å². The summed E-state index contributed by atoms with van der Waals surface area (Å²) >= 11 is 3.58. The number of benzene rings is 1. The van der Waals surface area contributed by atoms with Crippen LogP contribution in [0.3, 0.4) is 0 Å². The smallest absolute Gasteiger partial charge is 0.132 e. The van der Waals surface area contributed by atoms with Crippen molar-refractivity contribution < 1.29 is 0 Å². The van der Waals surface area contributed by atoms with E-state index < -0.39 is 0 Å². The highest BCUT2D eigenvalue weighted by Gasteiger charge is 2.22. The summed E-state index contributed by atoms with van der Waals surface area (Å²) in [6.07, 6.45) is 6.22. The first-order valence-electron chi connectivity index (χ1n) is 7.07. The lowest BCUT2D eigenvalue weighted by atomic mass is 9.86. The van der Waals surface area contributed by atoms with E-state index in [2.05, 4.69) is 27.0 Å². The monoisotopic (exact) mass is 331 g/mol. The molecule has 1 fully saturated rings. The molecule has 1 heterocycles. The van der Waals surface area contributed by atoms with E-state index in [1.165, 1.54) is 0 Å². The van der Waals surface area contributed by atoms with Gasteiger partial charge in [-0.25, -0.2) is 9.97 Å². The van der Waals surface area contributed by atoms with Gasteiger partial charge in [-0.1, -0.05) is 34.1 Å². The van der Waals surface area contributed by atoms with Gasteiger partial charge < -0.3 is 5.73 Å². The van der Waals surface area contributed by atoms with Crippen molar-refractivity contribution in [2.45, 2.75) is 37.6 Å². The Balaban J connectivity index is 1.88. The van der Waals surface area contributed by atoms with Gasteiger partial charge in [-0.3, -0.25) is 0 Å². The van der Waals surface area contributed by atoms with E-state index in [1.54, 1.807) is 0 Å². The van der Waals surface area contributed by atoms with Crippen LogP contribution in [0.2, 0.25) is 0 Å². The molecule has 3 nitrogen and oxygen atoms in total. The number of nitrogens with zero attached hydrogens (tertiary/aromatic N) is 2. The van der Waals surface area contributed by atoms with Crippen molar-refractivity contribution in [3.8, 4) is 11.3 Å². The minimum Gasteiger partial charge on any atom is -0.328 e. The standard InChI is InChI=1S/C16H18BrN3/c17-14-4-2-1-3-13(14)15-9-10-19-16(20-15)11-5-7-12(18)8-6-11/h1-4,9-12H,5-8,18H2. The number of halogens is 1. The molecule has 0 unspecified atom stereocenters. The minimum absolute atomic E-state index is 0.359. The van der Waals surface area contributed by atoms with Gasteiger partial charge in [-0.15, -0.1) is 0 Å². The Morgan fingerprint density at radius 2 is 1.80 bits per heavy atom. The van der Waals surface area contributed by atoms with E-state index in [0.29, 0.717) is 12.0 Å². The number of rotatable bonds is 2. The number of hydrogen-bond acceptors (Lipinski definition) is 3. The lowest BCUT2D eigenvalue weighted by molar-refractivity contribution is 0.385. The molecule has 0 atom stereocenters. The number of nitrogens with two attached hydrogens (primary N) is 1. The zero-order valence-corrected chi connectivity index (χ0v) is 12.9. The molecule has 0 spiro atoms. The van der Waals surface area contributed by atoms with Crippen molar-refractivity contribution in [2.24, 2.45) is 5.73 Å². The summed E-state index contributed by atoms with van der Waals surface area (Å²) in [6, 6.07) is 10.5. The fraction of sp³-hybridized carbons (Fsp3) is 0.375. The highest BCUT2D eigenvalue weighted by Crippen LogP contribution is 2.32. The van der Waals surface area contributed by atoms with Gasteiger partial charge in [-0.2, -0.15) is 0 Å². The van der Waals surface area contributed by atoms with Gasteiger partial charge in [0.2, 0.25) is 0 Å². The lowest BCUT2D eigenvalue weighted by Crippen LogP contribution is -2.26. The summed E-state index contributed by atoms with van der Waals surface area (Å²) in [5.74, 6) is 1.42. The van der Waals surface area contributed by atoms with Crippen molar-refractivity contribution in [3.63, 3.8) is 0 Å². The van der Waals surface area contributed by atoms with Gasteiger partial charge in [0, 0.05) is 28.2 Å². The third kappa shape index (κ3) is 2.91. The molecular weight excluding hydrogens is 314 g/mol. The Labute approximate surface area is 127 Å². The molecule has 0 bridgehead atoms. The van der Waals surface area contributed by atoms with Crippen LogP contribution in [0.15, 0.2) is 41.0 Å². The molecule has 1 aromatic heterocycles. The Morgan fingerprint density at radius 3 is 2.55 bits per heavy atom. The fourth-order valence-electron chi connectivity index (χ4n) is 2.77. The molecular formula is C16H18BrN3. The second-order valence-corrected chi connectivity index (χ2v) is 6.25. The molecule has 2 aromatic rings. The number of hydrogen-bond donors (Lipinski definition) is 1. The Kier molecular flexibility index (Phi) is 4.13. The highest BCUT2D eigenvalue weighted by molar-refractivity contribution is 9.10. The zero-order valence-electron chi connectivity index (χ0n) is 11.3. The quantitative estimate of drug-likeness (QED) is 0.908. The second kappa shape index (κ2) is 6.02. The molecule has 0 aliphatic heterocycles. The van der Waals surface area contributed by atoms with Crippen LogP contribution in [0.1, 0.15) is 37.4 Å². The SMILES string of the molecule is NC1CCC(c2nccc(-c3ccccc3Br)n2)CC1. The maximum absolute atomic E-state index is 5.97. The first-order valence-corrected chi connectivity index (χ1v) is 7.87. The molecule has 2 N–H and O–H groups in total. The van der Waals surface area contributed by atoms with Crippen molar-refractivity contribution in [1.82, 2.24) is 9.97 Å². The molecule has 0 amide bonds. The summed E-state index contributed by atoms with van der Waals surface area (Å²) < 4.78 is 1.07. The summed E-state index contributed by atoms with van der Waals surface area (Å²) in [5.41, 5.74) is 8.07. The minimum atomic E-state index is 0.359. The lowest BCUT2D eigenvalue weighted by Gasteiger charge is -2.25. The maximum Gasteiger partial charge on any atom is 0.132 e. The third-order valence-electron chi connectivity index (χ3n) is 3.96. The number of aromatic nitrogens is 2. The van der Waals surface area contributed by atoms with E-state index >= 15 is 0 Å². The molecule has 1 saturated carbocycles. The molecule has 1 aliphatic carbocycles. The van der Waals surface area contributed by atoms with Crippen LogP contribution in [-0.4, -0.2) is 16.0 Å². The predicted molar refractivity (Wildman–Crippen MR) is 84.4 cm³/mol. The van der Waals surface area contributed by atoms with Gasteiger partial charge in [0.25, 0.3) is 0 Å². The van der Waals surface area contributed by atoms with Gasteiger partial charge in [0.05, 0.1) is 5.69 Å². The van der Waals surface area contributed by atoms with Gasteiger partial charge >= 0.3 is 0 Å². The van der Waals surface area contributed by atoms with Crippen molar-refractivity contribution in [2.75, 3.05) is 0 Å². The molecule has 20 heavy (non-hydrogen) atoms. The molecule has 4 heteroatoms. The topological polar surface area (TPSA) is 51.8 Å².